The summed E-state index contributed by atoms with van der Waals surface area (Å²) in [5, 5.41) is 12.8. The first-order valence-corrected chi connectivity index (χ1v) is 12.0. The monoisotopic (exact) mass is 460 g/mol. The lowest BCUT2D eigenvalue weighted by molar-refractivity contribution is 0.0847. The van der Waals surface area contributed by atoms with Crippen molar-refractivity contribution < 1.29 is 14.7 Å². The Kier molecular flexibility index (Phi) is 6.65. The molecule has 178 valence electrons. The van der Waals surface area contributed by atoms with Crippen LogP contribution in [0.1, 0.15) is 42.0 Å². The third kappa shape index (κ3) is 4.72. The highest BCUT2D eigenvalue weighted by atomic mass is 16.5. The van der Waals surface area contributed by atoms with Gasteiger partial charge in [0.05, 0.1) is 11.4 Å². The van der Waals surface area contributed by atoms with E-state index < -0.39 is 0 Å². The minimum Gasteiger partial charge on any atom is -0.492 e. The molecule has 0 saturated carbocycles. The minimum atomic E-state index is 0.390. The number of ether oxygens (including phenoxy) is 2. The van der Waals surface area contributed by atoms with Gasteiger partial charge in [-0.2, -0.15) is 0 Å². The van der Waals surface area contributed by atoms with Crippen molar-refractivity contribution in [1.29, 1.82) is 0 Å². The van der Waals surface area contributed by atoms with E-state index in [1.165, 1.54) is 11.3 Å². The molecule has 2 aliphatic rings. The van der Waals surface area contributed by atoms with E-state index in [4.69, 9.17) is 14.5 Å². The highest BCUT2D eigenvalue weighted by Gasteiger charge is 2.25. The molecule has 2 N–H and O–H groups in total. The maximum atomic E-state index is 9.28. The number of nitrogens with one attached hydrogen (secondary N) is 1. The molecule has 7 heteroatoms. The second-order valence-corrected chi connectivity index (χ2v) is 9.33. The molecule has 3 aromatic rings. The normalized spacial score (nSPS) is 17.4. The number of oxime groups is 1. The number of imidazole rings is 1. The number of fused-ring (bicyclic) bond motifs is 1. The molecule has 0 radical (unpaired) electrons. The van der Waals surface area contributed by atoms with Crippen LogP contribution in [0, 0.1) is 0 Å². The number of H-pyrrole nitrogens is 1. The Morgan fingerprint density at radius 1 is 1.09 bits per heavy atom. The van der Waals surface area contributed by atoms with E-state index in [0.29, 0.717) is 12.5 Å². The lowest BCUT2D eigenvalue weighted by atomic mass is 9.92. The standard InChI is InChI=1S/C27H32N4O3/c1-31(2)13-16-34-22-7-3-19(4-8-22)27-28-25(18-11-14-33-15-12-18)26(29-27)21-5-9-23-20(17-21)6-10-24(23)30-32/h3-5,7-9,17-18,32H,6,10-16H2,1-2H3,(H,28,29)/b30-24+. The van der Waals surface area contributed by atoms with Crippen molar-refractivity contribution in [3.05, 3.63) is 59.3 Å². The molecule has 2 heterocycles. The molecule has 1 fully saturated rings. The van der Waals surface area contributed by atoms with E-state index in [-0.39, 0.29) is 0 Å². The lowest BCUT2D eigenvalue weighted by Gasteiger charge is -2.22. The number of rotatable bonds is 7. The highest BCUT2D eigenvalue weighted by molar-refractivity contribution is 6.04. The van der Waals surface area contributed by atoms with Crippen LogP contribution in [0.2, 0.25) is 0 Å². The van der Waals surface area contributed by atoms with Crippen LogP contribution < -0.4 is 4.74 Å². The van der Waals surface area contributed by atoms with Crippen molar-refractivity contribution in [3.63, 3.8) is 0 Å². The SMILES string of the molecule is CN(C)CCOc1ccc(-c2nc(-c3ccc4c(c3)CC/C4=N\O)c(C3CCOCC3)[nH]2)cc1. The average Bonchev–Trinajstić information content (AvgIpc) is 3.49. The fraction of sp³-hybridized carbons (Fsp3) is 0.407. The number of benzene rings is 2. The van der Waals surface area contributed by atoms with E-state index in [9.17, 15) is 5.21 Å². The largest absolute Gasteiger partial charge is 0.492 e. The Labute approximate surface area is 200 Å². The van der Waals surface area contributed by atoms with Gasteiger partial charge in [0.2, 0.25) is 0 Å². The predicted molar refractivity (Wildman–Crippen MR) is 133 cm³/mol. The zero-order chi connectivity index (χ0) is 23.5. The Morgan fingerprint density at radius 2 is 1.85 bits per heavy atom. The summed E-state index contributed by atoms with van der Waals surface area (Å²) in [6.45, 7) is 3.09. The summed E-state index contributed by atoms with van der Waals surface area (Å²) in [6, 6.07) is 14.5. The van der Waals surface area contributed by atoms with E-state index in [1.807, 2.05) is 26.2 Å². The molecule has 0 unspecified atom stereocenters. The number of hydrogen-bond donors (Lipinski definition) is 2. The van der Waals surface area contributed by atoms with Crippen molar-refractivity contribution in [2.75, 3.05) is 40.5 Å². The van der Waals surface area contributed by atoms with Crippen molar-refractivity contribution >= 4 is 5.71 Å². The molecule has 0 bridgehead atoms. The van der Waals surface area contributed by atoms with E-state index >= 15 is 0 Å². The van der Waals surface area contributed by atoms with Crippen molar-refractivity contribution in [3.8, 4) is 28.4 Å². The summed E-state index contributed by atoms with van der Waals surface area (Å²) >= 11 is 0. The fourth-order valence-corrected chi connectivity index (χ4v) is 4.80. The Balaban J connectivity index is 1.46. The van der Waals surface area contributed by atoms with Gasteiger partial charge in [0.1, 0.15) is 18.2 Å². The number of aromatic nitrogens is 2. The van der Waals surface area contributed by atoms with Crippen molar-refractivity contribution in [2.24, 2.45) is 5.16 Å². The van der Waals surface area contributed by atoms with Crippen LogP contribution in [-0.2, 0) is 11.2 Å². The van der Waals surface area contributed by atoms with Crippen LogP contribution in [0.5, 0.6) is 5.75 Å². The van der Waals surface area contributed by atoms with Gasteiger partial charge in [-0.05, 0) is 75.7 Å². The van der Waals surface area contributed by atoms with Crippen LogP contribution in [0.3, 0.4) is 0 Å². The molecule has 1 aliphatic heterocycles. The summed E-state index contributed by atoms with van der Waals surface area (Å²) in [4.78, 5) is 10.8. The van der Waals surface area contributed by atoms with Gasteiger partial charge >= 0.3 is 0 Å². The van der Waals surface area contributed by atoms with Gasteiger partial charge in [-0.1, -0.05) is 17.3 Å². The predicted octanol–water partition coefficient (Wildman–Crippen LogP) is 4.70. The number of hydrogen-bond acceptors (Lipinski definition) is 6. The lowest BCUT2D eigenvalue weighted by Crippen LogP contribution is -2.19. The van der Waals surface area contributed by atoms with Gasteiger partial charge in [-0.25, -0.2) is 4.98 Å². The third-order valence-electron chi connectivity index (χ3n) is 6.74. The molecule has 5 rings (SSSR count). The molecule has 2 aromatic carbocycles. The average molecular weight is 461 g/mol. The number of aromatic amines is 1. The maximum Gasteiger partial charge on any atom is 0.138 e. The van der Waals surface area contributed by atoms with Crippen molar-refractivity contribution in [1.82, 2.24) is 14.9 Å². The summed E-state index contributed by atoms with van der Waals surface area (Å²) < 4.78 is 11.5. The molecule has 0 amide bonds. The van der Waals surface area contributed by atoms with Crippen LogP contribution in [0.25, 0.3) is 22.6 Å². The number of likely N-dealkylation sites (N-methyl/N-ethyl adjacent to an activating group) is 1. The van der Waals surface area contributed by atoms with Gasteiger partial charge in [0, 0.05) is 48.1 Å². The van der Waals surface area contributed by atoms with Crippen molar-refractivity contribution in [2.45, 2.75) is 31.6 Å². The zero-order valence-electron chi connectivity index (χ0n) is 19.9. The minimum absolute atomic E-state index is 0.390. The summed E-state index contributed by atoms with van der Waals surface area (Å²) in [6.07, 6.45) is 3.64. The first-order valence-electron chi connectivity index (χ1n) is 12.0. The summed E-state index contributed by atoms with van der Waals surface area (Å²) in [5.74, 6) is 2.12. The molecule has 0 atom stereocenters. The van der Waals surface area contributed by atoms with Crippen LogP contribution >= 0.6 is 0 Å². The molecular weight excluding hydrogens is 428 g/mol. The first kappa shape index (κ1) is 22.6. The molecule has 34 heavy (non-hydrogen) atoms. The van der Waals surface area contributed by atoms with Crippen LogP contribution in [0.4, 0.5) is 0 Å². The topological polar surface area (TPSA) is 83.0 Å². The number of nitrogens with zero attached hydrogens (tertiary/aromatic N) is 3. The van der Waals surface area contributed by atoms with E-state index in [2.05, 4.69) is 45.4 Å². The summed E-state index contributed by atoms with van der Waals surface area (Å²) in [5.41, 5.74) is 7.35. The van der Waals surface area contributed by atoms with Gasteiger partial charge < -0.3 is 24.6 Å². The van der Waals surface area contributed by atoms with Gasteiger partial charge in [-0.3, -0.25) is 0 Å². The van der Waals surface area contributed by atoms with E-state index in [1.54, 1.807) is 0 Å². The first-order chi connectivity index (χ1) is 16.6. The second kappa shape index (κ2) is 9.99. The molecule has 1 aliphatic carbocycles. The second-order valence-electron chi connectivity index (χ2n) is 9.33. The van der Waals surface area contributed by atoms with Gasteiger partial charge in [0.15, 0.2) is 0 Å². The maximum absolute atomic E-state index is 9.28. The fourth-order valence-electron chi connectivity index (χ4n) is 4.80. The summed E-state index contributed by atoms with van der Waals surface area (Å²) in [7, 11) is 4.08. The zero-order valence-corrected chi connectivity index (χ0v) is 19.9. The number of aryl methyl sites for hydroxylation is 1. The van der Waals surface area contributed by atoms with Gasteiger partial charge in [-0.15, -0.1) is 0 Å². The molecule has 7 nitrogen and oxygen atoms in total. The Bertz CT molecular complexity index is 1160. The smallest absolute Gasteiger partial charge is 0.138 e. The molecular formula is C27H32N4O3. The Hall–Kier alpha value is -3.16. The third-order valence-corrected chi connectivity index (χ3v) is 6.74. The van der Waals surface area contributed by atoms with E-state index in [0.717, 1.165) is 85.1 Å². The molecule has 0 spiro atoms. The Morgan fingerprint density at radius 3 is 2.59 bits per heavy atom. The van der Waals surface area contributed by atoms with Gasteiger partial charge in [0.25, 0.3) is 0 Å². The molecule has 1 saturated heterocycles. The van der Waals surface area contributed by atoms with Crippen LogP contribution in [0.15, 0.2) is 47.6 Å². The van der Waals surface area contributed by atoms with Crippen LogP contribution in [-0.4, -0.2) is 66.2 Å². The quantitative estimate of drug-likeness (QED) is 0.394. The highest BCUT2D eigenvalue weighted by Crippen LogP contribution is 2.37. The molecule has 1 aromatic heterocycles.